The van der Waals surface area contributed by atoms with Crippen LogP contribution in [0.4, 0.5) is 0 Å². The van der Waals surface area contributed by atoms with Gasteiger partial charge in [-0.1, -0.05) is 18.2 Å². The zero-order valence-corrected chi connectivity index (χ0v) is 11.5. The van der Waals surface area contributed by atoms with Gasteiger partial charge in [-0.05, 0) is 11.6 Å². The first kappa shape index (κ1) is 13.3. The normalized spacial score (nSPS) is 20.1. The molecule has 2 aliphatic heterocycles. The summed E-state index contributed by atoms with van der Waals surface area (Å²) in [5.41, 5.74) is 1.52. The molecule has 0 atom stereocenters. The second-order valence-corrected chi connectivity index (χ2v) is 5.28. The Bertz CT molecular complexity index is 524. The molecule has 0 saturated carbocycles. The topological polar surface area (TPSA) is 52.7 Å². The van der Waals surface area contributed by atoms with E-state index in [0.29, 0.717) is 18.5 Å². The molecule has 1 saturated heterocycles. The average Bonchev–Trinajstić information content (AvgIpc) is 2.48. The van der Waals surface area contributed by atoms with Crippen LogP contribution in [-0.2, 0) is 11.2 Å². The van der Waals surface area contributed by atoms with Crippen LogP contribution in [0.25, 0.3) is 0 Å². The molecule has 0 radical (unpaired) electrons. The summed E-state index contributed by atoms with van der Waals surface area (Å²) < 4.78 is 0. The minimum absolute atomic E-state index is 0.0798. The van der Waals surface area contributed by atoms with Crippen LogP contribution >= 0.6 is 0 Å². The molecule has 1 fully saturated rings. The van der Waals surface area contributed by atoms with E-state index in [-0.39, 0.29) is 11.8 Å². The molecule has 1 N–H and O–H groups in total. The van der Waals surface area contributed by atoms with Crippen molar-refractivity contribution in [1.29, 1.82) is 0 Å². The predicted octanol–water partition coefficient (Wildman–Crippen LogP) is 0.117. The average molecular weight is 273 g/mol. The highest BCUT2D eigenvalue weighted by molar-refractivity contribution is 6.09. The number of rotatable bonds is 3. The number of amides is 2. The van der Waals surface area contributed by atoms with Crippen LogP contribution in [0.1, 0.15) is 15.9 Å². The van der Waals surface area contributed by atoms with Gasteiger partial charge in [0.25, 0.3) is 5.91 Å². The summed E-state index contributed by atoms with van der Waals surface area (Å²) in [6.45, 7) is 5.17. The van der Waals surface area contributed by atoms with Crippen molar-refractivity contribution < 1.29 is 9.59 Å². The Kier molecular flexibility index (Phi) is 3.80. The van der Waals surface area contributed by atoms with Crippen molar-refractivity contribution in [1.82, 2.24) is 15.1 Å². The van der Waals surface area contributed by atoms with E-state index in [4.69, 9.17) is 0 Å². The number of benzene rings is 1. The molecule has 0 bridgehead atoms. The largest absolute Gasteiger partial charge is 0.314 e. The molecule has 0 aromatic heterocycles. The lowest BCUT2D eigenvalue weighted by molar-refractivity contribution is -0.128. The molecule has 0 aliphatic carbocycles. The fourth-order valence-corrected chi connectivity index (χ4v) is 2.80. The number of nitrogens with one attached hydrogen (secondary N) is 1. The van der Waals surface area contributed by atoms with Gasteiger partial charge in [-0.15, -0.1) is 0 Å². The molecule has 1 aromatic carbocycles. The van der Waals surface area contributed by atoms with Crippen molar-refractivity contribution in [3.05, 3.63) is 35.4 Å². The van der Waals surface area contributed by atoms with Crippen LogP contribution in [0.5, 0.6) is 0 Å². The number of fused-ring (bicyclic) bond motifs is 1. The highest BCUT2D eigenvalue weighted by atomic mass is 16.2. The summed E-state index contributed by atoms with van der Waals surface area (Å²) >= 11 is 0. The van der Waals surface area contributed by atoms with Gasteiger partial charge in [0.15, 0.2) is 0 Å². The predicted molar refractivity (Wildman–Crippen MR) is 75.5 cm³/mol. The van der Waals surface area contributed by atoms with Gasteiger partial charge in [-0.3, -0.25) is 19.4 Å². The Morgan fingerprint density at radius 2 is 1.80 bits per heavy atom. The van der Waals surface area contributed by atoms with Crippen molar-refractivity contribution in [2.75, 3.05) is 39.3 Å². The smallest absolute Gasteiger partial charge is 0.260 e. The summed E-state index contributed by atoms with van der Waals surface area (Å²) in [5.74, 6) is -0.226. The van der Waals surface area contributed by atoms with Gasteiger partial charge in [0.2, 0.25) is 5.91 Å². The van der Waals surface area contributed by atoms with E-state index in [0.717, 1.165) is 38.3 Å². The lowest BCUT2D eigenvalue weighted by atomic mass is 9.98. The van der Waals surface area contributed by atoms with Crippen LogP contribution in [0.3, 0.4) is 0 Å². The minimum atomic E-state index is -0.146. The standard InChI is InChI=1S/C15H19N3O2/c19-14-11-12-3-1-2-4-13(12)15(20)18(14)10-9-17-7-5-16-6-8-17/h1-4,16H,5-11H2. The molecule has 0 unspecified atom stereocenters. The lowest BCUT2D eigenvalue weighted by Crippen LogP contribution is -2.49. The minimum Gasteiger partial charge on any atom is -0.314 e. The van der Waals surface area contributed by atoms with E-state index in [2.05, 4.69) is 10.2 Å². The van der Waals surface area contributed by atoms with Crippen molar-refractivity contribution in [3.8, 4) is 0 Å². The molecule has 2 aliphatic rings. The SMILES string of the molecule is O=C1Cc2ccccc2C(=O)N1CCN1CCNCC1. The number of nitrogens with zero attached hydrogens (tertiary/aromatic N) is 2. The van der Waals surface area contributed by atoms with Crippen LogP contribution in [0.15, 0.2) is 24.3 Å². The maximum absolute atomic E-state index is 12.4. The monoisotopic (exact) mass is 273 g/mol. The second-order valence-electron chi connectivity index (χ2n) is 5.28. The van der Waals surface area contributed by atoms with E-state index in [1.807, 2.05) is 24.3 Å². The summed E-state index contributed by atoms with van der Waals surface area (Å²) in [5, 5.41) is 3.29. The van der Waals surface area contributed by atoms with E-state index in [1.54, 1.807) is 0 Å². The van der Waals surface area contributed by atoms with E-state index >= 15 is 0 Å². The first-order valence-corrected chi connectivity index (χ1v) is 7.11. The fraction of sp³-hybridized carbons (Fsp3) is 0.467. The number of imide groups is 1. The van der Waals surface area contributed by atoms with Gasteiger partial charge in [0.05, 0.1) is 6.42 Å². The Morgan fingerprint density at radius 1 is 1.05 bits per heavy atom. The quantitative estimate of drug-likeness (QED) is 0.795. The molecule has 5 nitrogen and oxygen atoms in total. The highest BCUT2D eigenvalue weighted by Gasteiger charge is 2.30. The van der Waals surface area contributed by atoms with Gasteiger partial charge in [-0.2, -0.15) is 0 Å². The van der Waals surface area contributed by atoms with E-state index in [9.17, 15) is 9.59 Å². The summed E-state index contributed by atoms with van der Waals surface area (Å²) in [6.07, 6.45) is 0.337. The first-order chi connectivity index (χ1) is 9.75. The third-order valence-electron chi connectivity index (χ3n) is 3.99. The first-order valence-electron chi connectivity index (χ1n) is 7.11. The zero-order chi connectivity index (χ0) is 13.9. The Hall–Kier alpha value is -1.72. The molecule has 5 heteroatoms. The van der Waals surface area contributed by atoms with E-state index < -0.39 is 0 Å². The Morgan fingerprint density at radius 3 is 2.60 bits per heavy atom. The van der Waals surface area contributed by atoms with Gasteiger partial charge >= 0.3 is 0 Å². The Balaban J connectivity index is 1.67. The van der Waals surface area contributed by atoms with Crippen molar-refractivity contribution in [3.63, 3.8) is 0 Å². The number of piperazine rings is 1. The van der Waals surface area contributed by atoms with Crippen molar-refractivity contribution in [2.24, 2.45) is 0 Å². The molecule has 20 heavy (non-hydrogen) atoms. The lowest BCUT2D eigenvalue weighted by Gasteiger charge is -2.31. The fourth-order valence-electron chi connectivity index (χ4n) is 2.80. The number of hydrogen-bond acceptors (Lipinski definition) is 4. The van der Waals surface area contributed by atoms with Gasteiger partial charge < -0.3 is 5.32 Å². The Labute approximate surface area is 118 Å². The van der Waals surface area contributed by atoms with Crippen molar-refractivity contribution >= 4 is 11.8 Å². The molecule has 2 amide bonds. The molecule has 2 heterocycles. The molecule has 0 spiro atoms. The maximum atomic E-state index is 12.4. The third-order valence-corrected chi connectivity index (χ3v) is 3.99. The van der Waals surface area contributed by atoms with Gasteiger partial charge in [0, 0.05) is 44.8 Å². The molecule has 1 aromatic rings. The third kappa shape index (κ3) is 2.59. The van der Waals surface area contributed by atoms with Gasteiger partial charge in [-0.25, -0.2) is 0 Å². The second kappa shape index (κ2) is 5.73. The zero-order valence-electron chi connectivity index (χ0n) is 11.5. The van der Waals surface area contributed by atoms with E-state index in [1.165, 1.54) is 4.90 Å². The van der Waals surface area contributed by atoms with Crippen LogP contribution in [-0.4, -0.2) is 60.9 Å². The highest BCUT2D eigenvalue weighted by Crippen LogP contribution is 2.19. The van der Waals surface area contributed by atoms with Crippen LogP contribution in [0.2, 0.25) is 0 Å². The number of carbonyl (C=O) groups is 2. The summed E-state index contributed by atoms with van der Waals surface area (Å²) in [7, 11) is 0. The van der Waals surface area contributed by atoms with Crippen LogP contribution < -0.4 is 5.32 Å². The van der Waals surface area contributed by atoms with Crippen LogP contribution in [0, 0.1) is 0 Å². The molecular weight excluding hydrogens is 254 g/mol. The number of carbonyl (C=O) groups excluding carboxylic acids is 2. The number of hydrogen-bond donors (Lipinski definition) is 1. The molecule has 106 valence electrons. The van der Waals surface area contributed by atoms with Gasteiger partial charge in [0.1, 0.15) is 0 Å². The summed E-state index contributed by atoms with van der Waals surface area (Å²) in [6, 6.07) is 7.39. The van der Waals surface area contributed by atoms with Crippen molar-refractivity contribution in [2.45, 2.75) is 6.42 Å². The molecule has 3 rings (SSSR count). The maximum Gasteiger partial charge on any atom is 0.260 e. The molecular formula is C15H19N3O2. The summed E-state index contributed by atoms with van der Waals surface area (Å²) in [4.78, 5) is 28.2.